The normalized spacial score (nSPS) is 11.8. The summed E-state index contributed by atoms with van der Waals surface area (Å²) < 4.78 is 13.0. The van der Waals surface area contributed by atoms with Crippen LogP contribution >= 0.6 is 0 Å². The van der Waals surface area contributed by atoms with E-state index in [2.05, 4.69) is 5.32 Å². The first kappa shape index (κ1) is 32.9. The van der Waals surface area contributed by atoms with Gasteiger partial charge < -0.3 is 19.6 Å². The van der Waals surface area contributed by atoms with Crippen molar-refractivity contribution in [3.05, 3.63) is 140 Å². The van der Waals surface area contributed by atoms with Crippen molar-refractivity contribution in [2.45, 2.75) is 66.0 Å². The lowest BCUT2D eigenvalue weighted by molar-refractivity contribution is -0.149. The third-order valence-corrected chi connectivity index (χ3v) is 7.17. The van der Waals surface area contributed by atoms with Crippen molar-refractivity contribution in [1.29, 1.82) is 0 Å². The Morgan fingerprint density at radius 3 is 1.82 bits per heavy atom. The standard InChI is InChI=1S/C35H39N3O7/c1-24(2)30-29(20-26-14-8-5-9-15-26)37(23-43-21-27-16-10-6-11-17-27)35(42)38(32(30)39)45-33(40)31(25(3)4)36-34(41)44-22-28-18-12-7-13-19-28/h5-19,24-25,31H,20-23H2,1-4H3,(H,36,41). The highest BCUT2D eigenvalue weighted by molar-refractivity contribution is 5.81. The Kier molecular flexibility index (Phi) is 11.5. The van der Waals surface area contributed by atoms with Gasteiger partial charge in [-0.05, 0) is 28.5 Å². The van der Waals surface area contributed by atoms with Crippen LogP contribution in [0.1, 0.15) is 61.6 Å². The van der Waals surface area contributed by atoms with Gasteiger partial charge in [-0.15, -0.1) is 0 Å². The molecule has 0 aliphatic carbocycles. The maximum absolute atomic E-state index is 13.9. The van der Waals surface area contributed by atoms with Gasteiger partial charge in [0, 0.05) is 17.7 Å². The summed E-state index contributed by atoms with van der Waals surface area (Å²) in [6.45, 7) is 7.09. The number of nitrogens with one attached hydrogen (secondary N) is 1. The van der Waals surface area contributed by atoms with Crippen molar-refractivity contribution in [2.75, 3.05) is 0 Å². The van der Waals surface area contributed by atoms with Crippen LogP contribution in [-0.4, -0.2) is 27.4 Å². The molecule has 0 aliphatic rings. The molecule has 1 N–H and O–H groups in total. The fourth-order valence-electron chi connectivity index (χ4n) is 4.83. The first-order chi connectivity index (χ1) is 21.7. The molecule has 1 heterocycles. The Bertz CT molecular complexity index is 1680. The third kappa shape index (κ3) is 8.79. The van der Waals surface area contributed by atoms with Gasteiger partial charge in [-0.25, -0.2) is 14.4 Å². The first-order valence-corrected chi connectivity index (χ1v) is 14.9. The molecule has 1 amide bonds. The molecule has 0 spiro atoms. The molecule has 0 saturated carbocycles. The Labute approximate surface area is 262 Å². The predicted octanol–water partition coefficient (Wildman–Crippen LogP) is 4.80. The van der Waals surface area contributed by atoms with E-state index < -0.39 is 35.3 Å². The number of alkyl carbamates (subject to hydrolysis) is 1. The summed E-state index contributed by atoms with van der Waals surface area (Å²) in [4.78, 5) is 59.2. The lowest BCUT2D eigenvalue weighted by Gasteiger charge is -2.23. The zero-order chi connectivity index (χ0) is 32.3. The van der Waals surface area contributed by atoms with Crippen LogP contribution in [0.4, 0.5) is 4.79 Å². The van der Waals surface area contributed by atoms with Gasteiger partial charge in [-0.1, -0.05) is 123 Å². The Hall–Kier alpha value is -4.96. The van der Waals surface area contributed by atoms with Gasteiger partial charge in [0.25, 0.3) is 5.56 Å². The number of hydrogen-bond acceptors (Lipinski definition) is 7. The molecule has 1 unspecified atom stereocenters. The molecule has 0 bridgehead atoms. The lowest BCUT2D eigenvalue weighted by atomic mass is 9.98. The van der Waals surface area contributed by atoms with Crippen molar-refractivity contribution in [1.82, 2.24) is 14.6 Å². The third-order valence-electron chi connectivity index (χ3n) is 7.17. The number of carbonyl (C=O) groups is 2. The number of carbonyl (C=O) groups excluding carboxylic acids is 2. The zero-order valence-electron chi connectivity index (χ0n) is 26.0. The molecule has 3 aromatic carbocycles. The van der Waals surface area contributed by atoms with Crippen molar-refractivity contribution in [2.24, 2.45) is 5.92 Å². The second kappa shape index (κ2) is 15.7. The van der Waals surface area contributed by atoms with Crippen molar-refractivity contribution < 1.29 is 23.9 Å². The monoisotopic (exact) mass is 613 g/mol. The van der Waals surface area contributed by atoms with Gasteiger partial charge in [0.2, 0.25) is 0 Å². The number of amides is 1. The molecule has 0 fully saturated rings. The van der Waals surface area contributed by atoms with Crippen LogP contribution in [0, 0.1) is 5.92 Å². The van der Waals surface area contributed by atoms with Gasteiger partial charge >= 0.3 is 17.8 Å². The molecule has 0 saturated heterocycles. The molecule has 236 valence electrons. The van der Waals surface area contributed by atoms with Crippen molar-refractivity contribution >= 4 is 12.1 Å². The number of benzene rings is 3. The summed E-state index contributed by atoms with van der Waals surface area (Å²) in [6, 6.07) is 26.8. The Balaban J connectivity index is 1.65. The minimum Gasteiger partial charge on any atom is -0.445 e. The molecule has 1 aromatic heterocycles. The van der Waals surface area contributed by atoms with Gasteiger partial charge in [0.15, 0.2) is 0 Å². The summed E-state index contributed by atoms with van der Waals surface area (Å²) in [5.74, 6) is -1.76. The minimum absolute atomic E-state index is 0.000306. The lowest BCUT2D eigenvalue weighted by Crippen LogP contribution is -2.54. The highest BCUT2D eigenvalue weighted by Gasteiger charge is 2.30. The van der Waals surface area contributed by atoms with E-state index in [1.165, 1.54) is 4.57 Å². The van der Waals surface area contributed by atoms with Gasteiger partial charge in [-0.2, -0.15) is 0 Å². The summed E-state index contributed by atoms with van der Waals surface area (Å²) in [5, 5.41) is 2.51. The van der Waals surface area contributed by atoms with Crippen molar-refractivity contribution in [3.8, 4) is 0 Å². The average molecular weight is 614 g/mol. The molecule has 10 heteroatoms. The Morgan fingerprint density at radius 1 is 0.756 bits per heavy atom. The SMILES string of the molecule is CC(C)c1c(Cc2ccccc2)n(COCc2ccccc2)c(=O)n(OC(=O)C(NC(=O)OCc2ccccc2)C(C)C)c1=O. The van der Waals surface area contributed by atoms with Gasteiger partial charge in [0.05, 0.1) is 6.61 Å². The quantitative estimate of drug-likeness (QED) is 0.230. The number of hydrogen-bond donors (Lipinski definition) is 1. The maximum Gasteiger partial charge on any atom is 0.408 e. The second-order valence-corrected chi connectivity index (χ2v) is 11.3. The molecule has 1 atom stereocenters. The highest BCUT2D eigenvalue weighted by Crippen LogP contribution is 2.19. The fraction of sp³-hybridized carbons (Fsp3) is 0.314. The van der Waals surface area contributed by atoms with Crippen LogP contribution in [0.25, 0.3) is 0 Å². The van der Waals surface area contributed by atoms with E-state index in [1.807, 2.05) is 92.7 Å². The van der Waals surface area contributed by atoms with E-state index in [-0.39, 0.29) is 32.3 Å². The van der Waals surface area contributed by atoms with Crippen LogP contribution in [-0.2, 0) is 40.6 Å². The van der Waals surface area contributed by atoms with E-state index in [9.17, 15) is 19.2 Å². The number of ether oxygens (including phenoxy) is 2. The van der Waals surface area contributed by atoms with Crippen molar-refractivity contribution in [3.63, 3.8) is 0 Å². The minimum atomic E-state index is -1.20. The highest BCUT2D eigenvalue weighted by atomic mass is 16.7. The summed E-state index contributed by atoms with van der Waals surface area (Å²) >= 11 is 0. The van der Waals surface area contributed by atoms with Gasteiger partial charge in [-0.3, -0.25) is 9.36 Å². The average Bonchev–Trinajstić information content (AvgIpc) is 3.03. The molecule has 45 heavy (non-hydrogen) atoms. The molecule has 4 rings (SSSR count). The number of aromatic nitrogens is 2. The second-order valence-electron chi connectivity index (χ2n) is 11.3. The Morgan fingerprint density at radius 2 is 1.29 bits per heavy atom. The topological polar surface area (TPSA) is 118 Å². The first-order valence-electron chi connectivity index (χ1n) is 14.9. The molecule has 0 radical (unpaired) electrons. The van der Waals surface area contributed by atoms with Crippen LogP contribution in [0.3, 0.4) is 0 Å². The number of rotatable bonds is 13. The van der Waals surface area contributed by atoms with Crippen LogP contribution in [0.5, 0.6) is 0 Å². The molecule has 10 nitrogen and oxygen atoms in total. The maximum atomic E-state index is 13.9. The van der Waals surface area contributed by atoms with E-state index in [0.717, 1.165) is 16.7 Å². The largest absolute Gasteiger partial charge is 0.445 e. The summed E-state index contributed by atoms with van der Waals surface area (Å²) in [6.07, 6.45) is -0.555. The number of nitrogens with zero attached hydrogens (tertiary/aromatic N) is 2. The van der Waals surface area contributed by atoms with E-state index >= 15 is 0 Å². The van der Waals surface area contributed by atoms with Crippen LogP contribution < -0.4 is 21.4 Å². The van der Waals surface area contributed by atoms with Crippen LogP contribution in [0.2, 0.25) is 0 Å². The van der Waals surface area contributed by atoms with Gasteiger partial charge in [0.1, 0.15) is 19.4 Å². The van der Waals surface area contributed by atoms with E-state index in [1.54, 1.807) is 26.0 Å². The summed E-state index contributed by atoms with van der Waals surface area (Å²) in [5.41, 5.74) is 1.73. The predicted molar refractivity (Wildman–Crippen MR) is 170 cm³/mol. The van der Waals surface area contributed by atoms with E-state index in [0.29, 0.717) is 16.0 Å². The molecular weight excluding hydrogens is 574 g/mol. The smallest absolute Gasteiger partial charge is 0.408 e. The molecule has 4 aromatic rings. The molecule has 0 aliphatic heterocycles. The van der Waals surface area contributed by atoms with Crippen LogP contribution in [0.15, 0.2) is 101 Å². The fourth-order valence-corrected chi connectivity index (χ4v) is 4.83. The summed E-state index contributed by atoms with van der Waals surface area (Å²) in [7, 11) is 0. The zero-order valence-corrected chi connectivity index (χ0v) is 26.0. The molecular formula is C35H39N3O7. The van der Waals surface area contributed by atoms with E-state index in [4.69, 9.17) is 14.3 Å².